The normalized spacial score (nSPS) is 15.9. The van der Waals surface area contributed by atoms with E-state index in [1.54, 1.807) is 18.2 Å². The summed E-state index contributed by atoms with van der Waals surface area (Å²) in [4.78, 5) is 25.8. The molecule has 1 fully saturated rings. The lowest BCUT2D eigenvalue weighted by Gasteiger charge is -2.12. The highest BCUT2D eigenvalue weighted by atomic mass is 79.9. The maximum absolute atomic E-state index is 12.5. The van der Waals surface area contributed by atoms with Gasteiger partial charge in [0, 0.05) is 0 Å². The second kappa shape index (κ2) is 6.49. The zero-order valence-electron chi connectivity index (χ0n) is 12.9. The summed E-state index contributed by atoms with van der Waals surface area (Å²) in [5, 5.41) is 12.1. The SMILES string of the molecule is Cc1cccc(CN2C(=O)N/C(=C\c3ccc(O)c(Br)c3)C2=O)c1. The molecule has 2 aromatic carbocycles. The van der Waals surface area contributed by atoms with Crippen molar-refractivity contribution in [2.75, 3.05) is 0 Å². The van der Waals surface area contributed by atoms with E-state index >= 15 is 0 Å². The molecule has 1 aliphatic heterocycles. The Bertz CT molecular complexity index is 861. The monoisotopic (exact) mass is 386 g/mol. The summed E-state index contributed by atoms with van der Waals surface area (Å²) in [5.74, 6) is -0.259. The molecule has 0 saturated carbocycles. The molecule has 0 bridgehead atoms. The molecule has 1 saturated heterocycles. The molecular weight excluding hydrogens is 372 g/mol. The first-order valence-electron chi connectivity index (χ1n) is 7.32. The van der Waals surface area contributed by atoms with Gasteiger partial charge in [-0.3, -0.25) is 9.69 Å². The lowest BCUT2D eigenvalue weighted by molar-refractivity contribution is -0.123. The minimum atomic E-state index is -0.439. The van der Waals surface area contributed by atoms with Crippen molar-refractivity contribution >= 4 is 33.9 Å². The van der Waals surface area contributed by atoms with Crippen LogP contribution in [0.3, 0.4) is 0 Å². The number of nitrogens with one attached hydrogen (secondary N) is 1. The fourth-order valence-electron chi connectivity index (χ4n) is 2.49. The molecule has 0 radical (unpaired) electrons. The van der Waals surface area contributed by atoms with E-state index in [1.807, 2.05) is 31.2 Å². The number of halogens is 1. The van der Waals surface area contributed by atoms with Crippen molar-refractivity contribution in [2.24, 2.45) is 0 Å². The third-order valence-corrected chi connectivity index (χ3v) is 4.30. The van der Waals surface area contributed by atoms with E-state index in [0.717, 1.165) is 11.1 Å². The van der Waals surface area contributed by atoms with Gasteiger partial charge in [0.15, 0.2) is 0 Å². The van der Waals surface area contributed by atoms with Crippen molar-refractivity contribution in [1.29, 1.82) is 0 Å². The zero-order chi connectivity index (χ0) is 17.3. The highest BCUT2D eigenvalue weighted by Gasteiger charge is 2.33. The van der Waals surface area contributed by atoms with Gasteiger partial charge >= 0.3 is 6.03 Å². The molecule has 5 nitrogen and oxygen atoms in total. The Morgan fingerprint density at radius 1 is 1.21 bits per heavy atom. The lowest BCUT2D eigenvalue weighted by Crippen LogP contribution is -2.30. The largest absolute Gasteiger partial charge is 0.507 e. The first-order chi connectivity index (χ1) is 11.4. The van der Waals surface area contributed by atoms with Crippen LogP contribution in [0.15, 0.2) is 52.6 Å². The summed E-state index contributed by atoms with van der Waals surface area (Å²) in [6.45, 7) is 2.19. The van der Waals surface area contributed by atoms with Crippen LogP contribution >= 0.6 is 15.9 Å². The molecule has 0 unspecified atom stereocenters. The second-order valence-corrected chi connectivity index (χ2v) is 6.43. The number of urea groups is 1. The second-order valence-electron chi connectivity index (χ2n) is 5.58. The Morgan fingerprint density at radius 2 is 2.00 bits per heavy atom. The number of amides is 3. The first-order valence-corrected chi connectivity index (χ1v) is 8.12. The minimum Gasteiger partial charge on any atom is -0.507 e. The summed E-state index contributed by atoms with van der Waals surface area (Å²) in [5.41, 5.74) is 2.88. The van der Waals surface area contributed by atoms with Crippen molar-refractivity contribution < 1.29 is 14.7 Å². The number of rotatable bonds is 3. The lowest BCUT2D eigenvalue weighted by atomic mass is 10.1. The van der Waals surface area contributed by atoms with Gasteiger partial charge in [-0.15, -0.1) is 0 Å². The van der Waals surface area contributed by atoms with E-state index in [4.69, 9.17) is 0 Å². The van der Waals surface area contributed by atoms with Gasteiger partial charge in [0.1, 0.15) is 11.4 Å². The Kier molecular flexibility index (Phi) is 4.40. The van der Waals surface area contributed by atoms with E-state index in [1.165, 1.54) is 11.0 Å². The van der Waals surface area contributed by atoms with Crippen LogP contribution in [0.5, 0.6) is 5.75 Å². The van der Waals surface area contributed by atoms with Crippen LogP contribution in [0.2, 0.25) is 0 Å². The maximum Gasteiger partial charge on any atom is 0.329 e. The Morgan fingerprint density at radius 3 is 2.71 bits per heavy atom. The molecule has 0 aliphatic carbocycles. The number of hydrogen-bond acceptors (Lipinski definition) is 3. The van der Waals surface area contributed by atoms with Crippen LogP contribution in [0.1, 0.15) is 16.7 Å². The Balaban J connectivity index is 1.83. The smallest absolute Gasteiger partial charge is 0.329 e. The molecule has 3 rings (SSSR count). The van der Waals surface area contributed by atoms with Crippen LogP contribution in [-0.2, 0) is 11.3 Å². The number of imide groups is 1. The summed E-state index contributed by atoms with van der Waals surface area (Å²) >= 11 is 3.22. The minimum absolute atomic E-state index is 0.111. The molecule has 24 heavy (non-hydrogen) atoms. The fourth-order valence-corrected chi connectivity index (χ4v) is 2.88. The van der Waals surface area contributed by atoms with Gasteiger partial charge in [0.2, 0.25) is 0 Å². The standard InChI is InChI=1S/C18H15BrN2O3/c1-11-3-2-4-13(7-11)10-21-17(23)15(20-18(21)24)9-12-5-6-16(22)14(19)8-12/h2-9,22H,10H2,1H3,(H,20,24)/b15-9-. The summed E-state index contributed by atoms with van der Waals surface area (Å²) < 4.78 is 0.519. The number of benzene rings is 2. The van der Waals surface area contributed by atoms with Crippen molar-refractivity contribution in [3.8, 4) is 5.75 Å². The highest BCUT2D eigenvalue weighted by molar-refractivity contribution is 9.10. The molecule has 2 aromatic rings. The van der Waals surface area contributed by atoms with Gasteiger partial charge in [-0.25, -0.2) is 4.79 Å². The average molecular weight is 387 g/mol. The van der Waals surface area contributed by atoms with Gasteiger partial charge in [-0.2, -0.15) is 0 Å². The molecule has 6 heteroatoms. The molecule has 0 atom stereocenters. The van der Waals surface area contributed by atoms with Gasteiger partial charge in [0.05, 0.1) is 11.0 Å². The predicted molar refractivity (Wildman–Crippen MR) is 94.0 cm³/mol. The van der Waals surface area contributed by atoms with Gasteiger partial charge in [0.25, 0.3) is 5.91 Å². The number of aryl methyl sites for hydroxylation is 1. The molecule has 0 spiro atoms. The molecule has 1 heterocycles. The van der Waals surface area contributed by atoms with Crippen LogP contribution in [0, 0.1) is 6.92 Å². The zero-order valence-corrected chi connectivity index (χ0v) is 14.5. The van der Waals surface area contributed by atoms with Crippen LogP contribution in [-0.4, -0.2) is 21.9 Å². The van der Waals surface area contributed by atoms with Gasteiger partial charge < -0.3 is 10.4 Å². The van der Waals surface area contributed by atoms with Crippen molar-refractivity contribution in [3.63, 3.8) is 0 Å². The highest BCUT2D eigenvalue weighted by Crippen LogP contribution is 2.26. The molecular formula is C18H15BrN2O3. The van der Waals surface area contributed by atoms with Crippen LogP contribution in [0.4, 0.5) is 4.79 Å². The predicted octanol–water partition coefficient (Wildman–Crippen LogP) is 3.56. The third kappa shape index (κ3) is 3.33. The first kappa shape index (κ1) is 16.3. The van der Waals surface area contributed by atoms with Gasteiger partial charge in [-0.1, -0.05) is 35.9 Å². The quantitative estimate of drug-likeness (QED) is 0.625. The van der Waals surface area contributed by atoms with Crippen LogP contribution in [0.25, 0.3) is 6.08 Å². The van der Waals surface area contributed by atoms with Crippen molar-refractivity contribution in [3.05, 3.63) is 69.3 Å². The average Bonchev–Trinajstić information content (AvgIpc) is 2.79. The number of carbonyl (C=O) groups excluding carboxylic acids is 2. The molecule has 0 aromatic heterocycles. The number of aromatic hydroxyl groups is 1. The van der Waals surface area contributed by atoms with E-state index in [-0.39, 0.29) is 23.9 Å². The topological polar surface area (TPSA) is 69.6 Å². The molecule has 3 amide bonds. The summed E-state index contributed by atoms with van der Waals surface area (Å²) in [6.07, 6.45) is 1.58. The Labute approximate surface area is 147 Å². The van der Waals surface area contributed by atoms with E-state index in [2.05, 4.69) is 21.2 Å². The number of nitrogens with zero attached hydrogens (tertiary/aromatic N) is 1. The number of carbonyl (C=O) groups is 2. The molecule has 122 valence electrons. The number of phenols is 1. The maximum atomic E-state index is 12.5. The number of hydrogen-bond donors (Lipinski definition) is 2. The molecule has 2 N–H and O–H groups in total. The summed E-state index contributed by atoms with van der Waals surface area (Å²) in [7, 11) is 0. The van der Waals surface area contributed by atoms with Crippen LogP contribution < -0.4 is 5.32 Å². The van der Waals surface area contributed by atoms with E-state index in [0.29, 0.717) is 10.0 Å². The number of phenolic OH excluding ortho intramolecular Hbond substituents is 1. The molecule has 1 aliphatic rings. The van der Waals surface area contributed by atoms with Crippen molar-refractivity contribution in [2.45, 2.75) is 13.5 Å². The van der Waals surface area contributed by atoms with Gasteiger partial charge in [-0.05, 0) is 52.2 Å². The van der Waals surface area contributed by atoms with E-state index < -0.39 is 6.03 Å². The third-order valence-electron chi connectivity index (χ3n) is 3.67. The summed E-state index contributed by atoms with van der Waals surface area (Å²) in [6, 6.07) is 12.1. The van der Waals surface area contributed by atoms with Crippen molar-refractivity contribution in [1.82, 2.24) is 10.2 Å². The van der Waals surface area contributed by atoms with E-state index in [9.17, 15) is 14.7 Å². The fraction of sp³-hybridized carbons (Fsp3) is 0.111. The Hall–Kier alpha value is -2.60.